The zero-order valence-electron chi connectivity index (χ0n) is 5.92. The van der Waals surface area contributed by atoms with Crippen LogP contribution in [0.1, 0.15) is 25.7 Å². The smallest absolute Gasteiger partial charge is 0.0844 e. The maximum Gasteiger partial charge on any atom is 0.0844 e. The van der Waals surface area contributed by atoms with E-state index in [2.05, 4.69) is 6.07 Å². The second-order valence-corrected chi connectivity index (χ2v) is 3.25. The first-order chi connectivity index (χ1) is 4.90. The van der Waals surface area contributed by atoms with Crippen LogP contribution in [0.15, 0.2) is 0 Å². The molecule has 2 rings (SSSR count). The summed E-state index contributed by atoms with van der Waals surface area (Å²) in [6, 6.07) is 2.18. The van der Waals surface area contributed by atoms with Gasteiger partial charge in [-0.1, -0.05) is 0 Å². The SMILES string of the molecule is N#CCCC1CC2OC2C1. The van der Waals surface area contributed by atoms with E-state index in [9.17, 15) is 0 Å². The molecule has 0 aromatic heterocycles. The molecule has 2 nitrogen and oxygen atoms in total. The van der Waals surface area contributed by atoms with E-state index in [1.54, 1.807) is 0 Å². The minimum Gasteiger partial charge on any atom is -0.370 e. The van der Waals surface area contributed by atoms with Crippen LogP contribution < -0.4 is 0 Å². The average molecular weight is 137 g/mol. The summed E-state index contributed by atoms with van der Waals surface area (Å²) in [6.07, 6.45) is 5.42. The first kappa shape index (κ1) is 6.18. The van der Waals surface area contributed by atoms with Crippen LogP contribution in [0.3, 0.4) is 0 Å². The van der Waals surface area contributed by atoms with E-state index in [0.29, 0.717) is 12.2 Å². The maximum atomic E-state index is 8.32. The Morgan fingerprint density at radius 2 is 2.10 bits per heavy atom. The third-order valence-electron chi connectivity index (χ3n) is 2.48. The molecule has 2 unspecified atom stereocenters. The fourth-order valence-corrected chi connectivity index (χ4v) is 1.85. The van der Waals surface area contributed by atoms with Crippen molar-refractivity contribution in [2.75, 3.05) is 0 Å². The van der Waals surface area contributed by atoms with Crippen molar-refractivity contribution in [1.82, 2.24) is 0 Å². The van der Waals surface area contributed by atoms with E-state index < -0.39 is 0 Å². The lowest BCUT2D eigenvalue weighted by Crippen LogP contribution is -1.97. The number of fused-ring (bicyclic) bond motifs is 1. The molecule has 0 bridgehead atoms. The number of rotatable bonds is 2. The van der Waals surface area contributed by atoms with Crippen LogP contribution >= 0.6 is 0 Å². The number of epoxide rings is 1. The number of nitriles is 1. The summed E-state index contributed by atoms with van der Waals surface area (Å²) in [5.41, 5.74) is 0. The van der Waals surface area contributed by atoms with Gasteiger partial charge in [0.25, 0.3) is 0 Å². The zero-order valence-corrected chi connectivity index (χ0v) is 5.92. The maximum absolute atomic E-state index is 8.32. The van der Waals surface area contributed by atoms with Gasteiger partial charge in [0.15, 0.2) is 0 Å². The Morgan fingerprint density at radius 1 is 1.40 bits per heavy atom. The van der Waals surface area contributed by atoms with E-state index >= 15 is 0 Å². The van der Waals surface area contributed by atoms with E-state index in [1.165, 1.54) is 12.8 Å². The van der Waals surface area contributed by atoms with Gasteiger partial charge in [0.05, 0.1) is 18.3 Å². The number of hydrogen-bond acceptors (Lipinski definition) is 2. The molecule has 0 N–H and O–H groups in total. The quantitative estimate of drug-likeness (QED) is 0.540. The van der Waals surface area contributed by atoms with Crippen LogP contribution in [-0.4, -0.2) is 12.2 Å². The molecule has 0 aromatic carbocycles. The highest BCUT2D eigenvalue weighted by molar-refractivity contribution is 4.96. The van der Waals surface area contributed by atoms with Crippen molar-refractivity contribution in [3.05, 3.63) is 0 Å². The Morgan fingerprint density at radius 3 is 2.70 bits per heavy atom. The number of ether oxygens (including phenoxy) is 1. The predicted molar refractivity (Wildman–Crippen MR) is 36.2 cm³/mol. The van der Waals surface area contributed by atoms with Crippen molar-refractivity contribution in [3.63, 3.8) is 0 Å². The van der Waals surface area contributed by atoms with E-state index in [1.807, 2.05) is 0 Å². The molecule has 2 aliphatic rings. The van der Waals surface area contributed by atoms with Crippen molar-refractivity contribution >= 4 is 0 Å². The lowest BCUT2D eigenvalue weighted by atomic mass is 10.0. The summed E-state index contributed by atoms with van der Waals surface area (Å²) in [5.74, 6) is 0.795. The lowest BCUT2D eigenvalue weighted by Gasteiger charge is -2.06. The molecule has 1 saturated heterocycles. The molecule has 2 heteroatoms. The molecule has 2 fully saturated rings. The second kappa shape index (κ2) is 2.25. The molecule has 2 atom stereocenters. The van der Waals surface area contributed by atoms with Crippen molar-refractivity contribution in [2.24, 2.45) is 5.92 Å². The second-order valence-electron chi connectivity index (χ2n) is 3.25. The van der Waals surface area contributed by atoms with Gasteiger partial charge in [0, 0.05) is 6.42 Å². The molecule has 0 radical (unpaired) electrons. The fourth-order valence-electron chi connectivity index (χ4n) is 1.85. The van der Waals surface area contributed by atoms with Gasteiger partial charge in [0.1, 0.15) is 0 Å². The molecule has 0 spiro atoms. The van der Waals surface area contributed by atoms with Crippen molar-refractivity contribution in [3.8, 4) is 6.07 Å². The standard InChI is InChI=1S/C8H11NO/c9-3-1-2-6-4-7-8(5-6)10-7/h6-8H,1-2,4-5H2. The Labute approximate surface area is 60.8 Å². The molecule has 1 aliphatic heterocycles. The Bertz CT molecular complexity index is 163. The van der Waals surface area contributed by atoms with Crippen LogP contribution in [0.5, 0.6) is 0 Å². The van der Waals surface area contributed by atoms with Crippen LogP contribution in [0.25, 0.3) is 0 Å². The van der Waals surface area contributed by atoms with Crippen molar-refractivity contribution < 1.29 is 4.74 Å². The third kappa shape index (κ3) is 1.02. The highest BCUT2D eigenvalue weighted by Gasteiger charge is 2.47. The summed E-state index contributed by atoms with van der Waals surface area (Å²) >= 11 is 0. The third-order valence-corrected chi connectivity index (χ3v) is 2.48. The predicted octanol–water partition coefficient (Wildman–Crippen LogP) is 1.47. The molecule has 0 aromatic rings. The van der Waals surface area contributed by atoms with E-state index in [-0.39, 0.29) is 0 Å². The first-order valence-corrected chi connectivity index (χ1v) is 3.92. The number of nitrogens with zero attached hydrogens (tertiary/aromatic N) is 1. The molecule has 1 aliphatic carbocycles. The summed E-state index contributed by atoms with van der Waals surface area (Å²) in [5, 5.41) is 8.32. The van der Waals surface area contributed by atoms with E-state index in [0.717, 1.165) is 18.8 Å². The van der Waals surface area contributed by atoms with Crippen LogP contribution in [0, 0.1) is 17.2 Å². The molecule has 54 valence electrons. The van der Waals surface area contributed by atoms with Gasteiger partial charge in [-0.25, -0.2) is 0 Å². The first-order valence-electron chi connectivity index (χ1n) is 3.92. The van der Waals surface area contributed by atoms with Gasteiger partial charge >= 0.3 is 0 Å². The van der Waals surface area contributed by atoms with Gasteiger partial charge in [-0.3, -0.25) is 0 Å². The monoisotopic (exact) mass is 137 g/mol. The van der Waals surface area contributed by atoms with Gasteiger partial charge in [-0.15, -0.1) is 0 Å². The Balaban J connectivity index is 1.72. The lowest BCUT2D eigenvalue weighted by molar-refractivity contribution is 0.267. The Kier molecular flexibility index (Phi) is 1.39. The largest absolute Gasteiger partial charge is 0.370 e. The summed E-state index contributed by atoms with van der Waals surface area (Å²) in [7, 11) is 0. The summed E-state index contributed by atoms with van der Waals surface area (Å²) in [6.45, 7) is 0. The minimum atomic E-state index is 0.587. The van der Waals surface area contributed by atoms with Gasteiger partial charge in [-0.2, -0.15) is 5.26 Å². The van der Waals surface area contributed by atoms with Gasteiger partial charge < -0.3 is 4.74 Å². The highest BCUT2D eigenvalue weighted by Crippen LogP contribution is 2.43. The van der Waals surface area contributed by atoms with Crippen LogP contribution in [0.4, 0.5) is 0 Å². The van der Waals surface area contributed by atoms with Crippen LogP contribution in [0.2, 0.25) is 0 Å². The van der Waals surface area contributed by atoms with Crippen molar-refractivity contribution in [2.45, 2.75) is 37.9 Å². The van der Waals surface area contributed by atoms with Crippen molar-refractivity contribution in [1.29, 1.82) is 5.26 Å². The minimum absolute atomic E-state index is 0.587. The summed E-state index contributed by atoms with van der Waals surface area (Å²) < 4.78 is 5.28. The van der Waals surface area contributed by atoms with Gasteiger partial charge in [-0.05, 0) is 25.2 Å². The molecule has 0 amide bonds. The number of hydrogen-bond donors (Lipinski definition) is 0. The zero-order chi connectivity index (χ0) is 6.97. The Hall–Kier alpha value is -0.550. The molecule has 1 heterocycles. The van der Waals surface area contributed by atoms with Crippen LogP contribution in [-0.2, 0) is 4.74 Å². The normalized spacial score (nSPS) is 42.5. The fraction of sp³-hybridized carbons (Fsp3) is 0.875. The van der Waals surface area contributed by atoms with Gasteiger partial charge in [0.2, 0.25) is 0 Å². The van der Waals surface area contributed by atoms with E-state index in [4.69, 9.17) is 10.00 Å². The molecular weight excluding hydrogens is 126 g/mol. The molecule has 1 saturated carbocycles. The average Bonchev–Trinajstić information content (AvgIpc) is 2.56. The summed E-state index contributed by atoms with van der Waals surface area (Å²) in [4.78, 5) is 0. The molecule has 10 heavy (non-hydrogen) atoms. The molecular formula is C8H11NO. The topological polar surface area (TPSA) is 36.3 Å². The highest BCUT2D eigenvalue weighted by atomic mass is 16.6.